The van der Waals surface area contributed by atoms with Gasteiger partial charge in [-0.1, -0.05) is 18.2 Å². The summed E-state index contributed by atoms with van der Waals surface area (Å²) in [6, 6.07) is 13.4. The van der Waals surface area contributed by atoms with E-state index < -0.39 is 0 Å². The molecular weight excluding hydrogens is 371 g/mol. The van der Waals surface area contributed by atoms with Crippen molar-refractivity contribution < 1.29 is 18.7 Å². The van der Waals surface area contributed by atoms with E-state index >= 15 is 0 Å². The van der Waals surface area contributed by atoms with Gasteiger partial charge in [0.1, 0.15) is 18.2 Å². The van der Waals surface area contributed by atoms with Crippen molar-refractivity contribution in [3.05, 3.63) is 65.5 Å². The second-order valence-corrected chi connectivity index (χ2v) is 7.61. The van der Waals surface area contributed by atoms with Gasteiger partial charge in [-0.05, 0) is 62.6 Å². The van der Waals surface area contributed by atoms with Gasteiger partial charge >= 0.3 is 0 Å². The van der Waals surface area contributed by atoms with E-state index in [1.165, 1.54) is 6.07 Å². The van der Waals surface area contributed by atoms with Gasteiger partial charge < -0.3 is 15.0 Å². The summed E-state index contributed by atoms with van der Waals surface area (Å²) in [5, 5.41) is 2.85. The third kappa shape index (κ3) is 5.56. The molecule has 0 bridgehead atoms. The molecule has 2 amide bonds. The van der Waals surface area contributed by atoms with Crippen molar-refractivity contribution in [2.75, 3.05) is 13.2 Å². The lowest BCUT2D eigenvalue weighted by molar-refractivity contribution is -0.131. The van der Waals surface area contributed by atoms with Crippen LogP contribution in [0, 0.1) is 5.82 Å². The largest absolute Gasteiger partial charge is 0.491 e. The molecule has 1 unspecified atom stereocenters. The quantitative estimate of drug-likeness (QED) is 0.776. The highest BCUT2D eigenvalue weighted by atomic mass is 19.1. The summed E-state index contributed by atoms with van der Waals surface area (Å²) < 4.78 is 19.7. The van der Waals surface area contributed by atoms with E-state index in [1.54, 1.807) is 47.4 Å². The first-order valence-corrected chi connectivity index (χ1v) is 10.0. The van der Waals surface area contributed by atoms with Crippen LogP contribution in [0.1, 0.15) is 42.6 Å². The average molecular weight is 398 g/mol. The number of ether oxygens (including phenoxy) is 1. The molecule has 6 heteroatoms. The zero-order valence-electron chi connectivity index (χ0n) is 16.9. The molecule has 2 aromatic rings. The predicted octanol–water partition coefficient (Wildman–Crippen LogP) is 3.58. The minimum absolute atomic E-state index is 0.0295. The smallest absolute Gasteiger partial charge is 0.251 e. The zero-order valence-corrected chi connectivity index (χ0v) is 16.9. The van der Waals surface area contributed by atoms with Gasteiger partial charge in [0.15, 0.2) is 0 Å². The van der Waals surface area contributed by atoms with Crippen molar-refractivity contribution in [2.24, 2.45) is 0 Å². The van der Waals surface area contributed by atoms with Gasteiger partial charge in [0.2, 0.25) is 5.91 Å². The molecule has 1 aliphatic heterocycles. The predicted molar refractivity (Wildman–Crippen MR) is 109 cm³/mol. The number of nitrogens with zero attached hydrogens (tertiary/aromatic N) is 1. The Bertz CT molecular complexity index is 851. The summed E-state index contributed by atoms with van der Waals surface area (Å²) in [5.41, 5.74) is 0.993. The molecule has 1 heterocycles. The second-order valence-electron chi connectivity index (χ2n) is 7.61. The molecule has 1 saturated heterocycles. The summed E-state index contributed by atoms with van der Waals surface area (Å²) in [7, 11) is 0. The third-order valence-corrected chi connectivity index (χ3v) is 4.98. The standard InChI is InChI=1S/C23H27FN2O3/c1-16(2)25-23(28)17-9-11-20(12-10-17)29-15-19-7-5-13-26(19)22(27)14-18-6-3-4-8-21(18)24/h3-4,6,8-12,16,19H,5,7,13-15H2,1-2H3,(H,25,28). The number of halogens is 1. The lowest BCUT2D eigenvalue weighted by Crippen LogP contribution is -2.40. The number of amides is 2. The van der Waals surface area contributed by atoms with Crippen LogP contribution in [0.25, 0.3) is 0 Å². The number of nitrogens with one attached hydrogen (secondary N) is 1. The summed E-state index contributed by atoms with van der Waals surface area (Å²) >= 11 is 0. The number of benzene rings is 2. The van der Waals surface area contributed by atoms with E-state index in [9.17, 15) is 14.0 Å². The number of likely N-dealkylation sites (tertiary alicyclic amines) is 1. The highest BCUT2D eigenvalue weighted by Crippen LogP contribution is 2.21. The van der Waals surface area contributed by atoms with E-state index in [-0.39, 0.29) is 36.1 Å². The first-order chi connectivity index (χ1) is 13.9. The molecule has 154 valence electrons. The van der Waals surface area contributed by atoms with Crippen LogP contribution in [0.2, 0.25) is 0 Å². The fourth-order valence-corrected chi connectivity index (χ4v) is 3.48. The van der Waals surface area contributed by atoms with Crippen LogP contribution < -0.4 is 10.1 Å². The Morgan fingerprint density at radius 2 is 1.90 bits per heavy atom. The van der Waals surface area contributed by atoms with Crippen LogP contribution >= 0.6 is 0 Å². The SMILES string of the molecule is CC(C)NC(=O)c1ccc(OCC2CCCN2C(=O)Cc2ccccc2F)cc1. The van der Waals surface area contributed by atoms with E-state index in [4.69, 9.17) is 4.74 Å². The maximum Gasteiger partial charge on any atom is 0.251 e. The molecule has 1 fully saturated rings. The lowest BCUT2D eigenvalue weighted by Gasteiger charge is -2.25. The Morgan fingerprint density at radius 1 is 1.17 bits per heavy atom. The Morgan fingerprint density at radius 3 is 2.59 bits per heavy atom. The van der Waals surface area contributed by atoms with Crippen LogP contribution in [-0.2, 0) is 11.2 Å². The molecule has 0 aromatic heterocycles. The van der Waals surface area contributed by atoms with Crippen LogP contribution in [-0.4, -0.2) is 41.9 Å². The first-order valence-electron chi connectivity index (χ1n) is 10.0. The Hall–Kier alpha value is -2.89. The highest BCUT2D eigenvalue weighted by Gasteiger charge is 2.29. The number of carbonyl (C=O) groups is 2. The summed E-state index contributed by atoms with van der Waals surface area (Å²) in [4.78, 5) is 26.4. The third-order valence-electron chi connectivity index (χ3n) is 4.98. The Labute approximate surface area is 170 Å². The van der Waals surface area contributed by atoms with Gasteiger partial charge in [-0.25, -0.2) is 4.39 Å². The fourth-order valence-electron chi connectivity index (χ4n) is 3.48. The molecule has 3 rings (SSSR count). The Balaban J connectivity index is 1.55. The molecule has 1 aliphatic rings. The van der Waals surface area contributed by atoms with Crippen molar-refractivity contribution in [3.8, 4) is 5.75 Å². The first kappa shape index (κ1) is 20.8. The number of hydrogen-bond acceptors (Lipinski definition) is 3. The molecule has 1 N–H and O–H groups in total. The van der Waals surface area contributed by atoms with Gasteiger partial charge in [-0.3, -0.25) is 9.59 Å². The fraction of sp³-hybridized carbons (Fsp3) is 0.391. The maximum absolute atomic E-state index is 13.8. The van der Waals surface area contributed by atoms with Crippen LogP contribution in [0.3, 0.4) is 0 Å². The van der Waals surface area contributed by atoms with Crippen LogP contribution in [0.5, 0.6) is 5.75 Å². The van der Waals surface area contributed by atoms with Gasteiger partial charge in [0.25, 0.3) is 5.91 Å². The average Bonchev–Trinajstić information content (AvgIpc) is 3.17. The number of carbonyl (C=O) groups excluding carboxylic acids is 2. The van der Waals surface area contributed by atoms with Crippen molar-refractivity contribution >= 4 is 11.8 Å². The minimum Gasteiger partial charge on any atom is -0.491 e. The van der Waals surface area contributed by atoms with Crippen molar-refractivity contribution in [2.45, 2.75) is 45.2 Å². The molecule has 1 atom stereocenters. The van der Waals surface area contributed by atoms with Crippen molar-refractivity contribution in [1.29, 1.82) is 0 Å². The van der Waals surface area contributed by atoms with Crippen LogP contribution in [0.4, 0.5) is 4.39 Å². The maximum atomic E-state index is 13.8. The van der Waals surface area contributed by atoms with Gasteiger partial charge in [0, 0.05) is 18.2 Å². The topological polar surface area (TPSA) is 58.6 Å². The summed E-state index contributed by atoms with van der Waals surface area (Å²) in [6.07, 6.45) is 1.83. The lowest BCUT2D eigenvalue weighted by atomic mass is 10.1. The van der Waals surface area contributed by atoms with E-state index in [0.717, 1.165) is 12.8 Å². The van der Waals surface area contributed by atoms with E-state index in [0.29, 0.717) is 30.0 Å². The van der Waals surface area contributed by atoms with Crippen molar-refractivity contribution in [1.82, 2.24) is 10.2 Å². The number of rotatable bonds is 7. The molecule has 0 saturated carbocycles. The number of hydrogen-bond donors (Lipinski definition) is 1. The van der Waals surface area contributed by atoms with Crippen LogP contribution in [0.15, 0.2) is 48.5 Å². The van der Waals surface area contributed by atoms with Gasteiger partial charge in [0.05, 0.1) is 12.5 Å². The second kappa shape index (κ2) is 9.54. The summed E-state index contributed by atoms with van der Waals surface area (Å²) in [6.45, 7) is 4.86. The van der Waals surface area contributed by atoms with Gasteiger partial charge in [-0.2, -0.15) is 0 Å². The molecule has 0 spiro atoms. The zero-order chi connectivity index (χ0) is 20.8. The summed E-state index contributed by atoms with van der Waals surface area (Å²) in [5.74, 6) is 0.100. The molecule has 29 heavy (non-hydrogen) atoms. The van der Waals surface area contributed by atoms with E-state index in [1.807, 2.05) is 13.8 Å². The van der Waals surface area contributed by atoms with E-state index in [2.05, 4.69) is 5.32 Å². The van der Waals surface area contributed by atoms with Gasteiger partial charge in [-0.15, -0.1) is 0 Å². The molecule has 2 aromatic carbocycles. The highest BCUT2D eigenvalue weighted by molar-refractivity contribution is 5.94. The molecular formula is C23H27FN2O3. The molecule has 5 nitrogen and oxygen atoms in total. The molecule has 0 aliphatic carbocycles. The molecule has 0 radical (unpaired) electrons. The Kier molecular flexibility index (Phi) is 6.86. The monoisotopic (exact) mass is 398 g/mol. The minimum atomic E-state index is -0.352. The normalized spacial score (nSPS) is 16.1. The van der Waals surface area contributed by atoms with Crippen molar-refractivity contribution in [3.63, 3.8) is 0 Å².